The molecule has 6 nitrogen and oxygen atoms in total. The molecule has 0 bridgehead atoms. The lowest BCUT2D eigenvalue weighted by Gasteiger charge is -2.28. The lowest BCUT2D eigenvalue weighted by atomic mass is 9.82. The van der Waals surface area contributed by atoms with Gasteiger partial charge in [0.2, 0.25) is 0 Å². The van der Waals surface area contributed by atoms with E-state index in [2.05, 4.69) is 33.5 Å². The number of ether oxygens (including phenoxy) is 1. The van der Waals surface area contributed by atoms with Gasteiger partial charge in [0.15, 0.2) is 5.82 Å². The third-order valence-corrected chi connectivity index (χ3v) is 4.89. The minimum absolute atomic E-state index is 0.329. The van der Waals surface area contributed by atoms with Gasteiger partial charge in [-0.3, -0.25) is 4.68 Å². The Balaban J connectivity index is 1.70. The average Bonchev–Trinajstić information content (AvgIpc) is 3.03. The van der Waals surface area contributed by atoms with E-state index in [1.165, 1.54) is 11.1 Å². The summed E-state index contributed by atoms with van der Waals surface area (Å²) in [4.78, 5) is 14.1. The fourth-order valence-electron chi connectivity index (χ4n) is 3.56. The summed E-state index contributed by atoms with van der Waals surface area (Å²) in [6.45, 7) is 6.24. The molecule has 1 aromatic carbocycles. The van der Waals surface area contributed by atoms with Crippen molar-refractivity contribution < 1.29 is 9.53 Å². The summed E-state index contributed by atoms with van der Waals surface area (Å²) in [6.07, 6.45) is 4.88. The molecule has 1 N–H and O–H groups in total. The summed E-state index contributed by atoms with van der Waals surface area (Å²) in [7, 11) is 3.96. The molecule has 146 valence electrons. The van der Waals surface area contributed by atoms with E-state index >= 15 is 0 Å². The highest BCUT2D eigenvalue weighted by Gasteiger charge is 2.23. The number of carbonyl (C=O) groups is 1. The summed E-state index contributed by atoms with van der Waals surface area (Å²) in [5, 5.41) is 7.40. The van der Waals surface area contributed by atoms with Crippen LogP contribution in [0.4, 0.5) is 16.3 Å². The summed E-state index contributed by atoms with van der Waals surface area (Å²) < 4.78 is 7.16. The molecule has 6 heteroatoms. The number of benzene rings is 1. The fraction of sp³-hybridized carbons (Fsp3) is 0.524. The maximum absolute atomic E-state index is 12.0. The van der Waals surface area contributed by atoms with Gasteiger partial charge in [0.25, 0.3) is 0 Å². The van der Waals surface area contributed by atoms with E-state index in [1.54, 1.807) is 0 Å². The predicted molar refractivity (Wildman–Crippen MR) is 108 cm³/mol. The Hall–Kier alpha value is -2.50. The van der Waals surface area contributed by atoms with Gasteiger partial charge in [0.1, 0.15) is 5.60 Å². The van der Waals surface area contributed by atoms with E-state index in [-0.39, 0.29) is 6.09 Å². The van der Waals surface area contributed by atoms with Crippen molar-refractivity contribution in [3.63, 3.8) is 0 Å². The number of amides is 1. The summed E-state index contributed by atoms with van der Waals surface area (Å²) in [5.41, 5.74) is 3.35. The third kappa shape index (κ3) is 4.81. The molecule has 0 saturated heterocycles. The van der Waals surface area contributed by atoms with Crippen molar-refractivity contribution in [2.24, 2.45) is 7.05 Å². The second-order valence-corrected chi connectivity index (χ2v) is 8.26. The van der Waals surface area contributed by atoms with Gasteiger partial charge in [-0.1, -0.05) is 6.07 Å². The van der Waals surface area contributed by atoms with Crippen LogP contribution >= 0.6 is 0 Å². The number of aryl methyl sites for hydroxylation is 2. The minimum atomic E-state index is -0.473. The normalized spacial score (nSPS) is 16.6. The Bertz CT molecular complexity index is 807. The highest BCUT2D eigenvalue weighted by Crippen LogP contribution is 2.34. The second kappa shape index (κ2) is 7.62. The number of nitrogens with zero attached hydrogens (tertiary/aromatic N) is 3. The largest absolute Gasteiger partial charge is 0.444 e. The van der Waals surface area contributed by atoms with Crippen LogP contribution in [0, 0.1) is 0 Å². The second-order valence-electron chi connectivity index (χ2n) is 8.26. The molecule has 1 atom stereocenters. The molecule has 0 spiro atoms. The van der Waals surface area contributed by atoms with Crippen molar-refractivity contribution in [3.05, 3.63) is 41.6 Å². The van der Waals surface area contributed by atoms with Crippen LogP contribution in [0.1, 0.15) is 50.7 Å². The first-order valence-corrected chi connectivity index (χ1v) is 9.56. The summed E-state index contributed by atoms with van der Waals surface area (Å²) >= 11 is 0. The van der Waals surface area contributed by atoms with E-state index in [0.717, 1.165) is 30.8 Å². The molecule has 1 heterocycles. The van der Waals surface area contributed by atoms with Crippen molar-refractivity contribution in [2.45, 2.75) is 51.6 Å². The van der Waals surface area contributed by atoms with Crippen molar-refractivity contribution in [1.29, 1.82) is 0 Å². The third-order valence-electron chi connectivity index (χ3n) is 4.89. The number of hydrogen-bond donors (Lipinski definition) is 1. The zero-order chi connectivity index (χ0) is 19.6. The number of alkyl carbamates (subject to hydrolysis) is 1. The number of rotatable bonds is 4. The molecular formula is C21H30N4O2. The number of aromatic nitrogens is 2. The van der Waals surface area contributed by atoms with E-state index in [1.807, 2.05) is 51.8 Å². The quantitative estimate of drug-likeness (QED) is 0.879. The van der Waals surface area contributed by atoms with Crippen molar-refractivity contribution >= 4 is 17.6 Å². The monoisotopic (exact) mass is 370 g/mol. The number of fused-ring (bicyclic) bond motifs is 1. The first-order valence-electron chi connectivity index (χ1n) is 9.56. The average molecular weight is 370 g/mol. The van der Waals surface area contributed by atoms with Crippen LogP contribution < -0.4 is 10.2 Å². The molecule has 1 aliphatic rings. The molecule has 0 unspecified atom stereocenters. The van der Waals surface area contributed by atoms with Crippen LogP contribution in [0.15, 0.2) is 30.5 Å². The Morgan fingerprint density at radius 1 is 1.37 bits per heavy atom. The molecule has 3 rings (SSSR count). The predicted octanol–water partition coefficient (Wildman–Crippen LogP) is 4.13. The number of anilines is 2. The standard InChI is InChI=1S/C21H30N4O2/c1-21(2,3)27-20(26)22-14-16-8-6-7-15-13-17(9-10-18(15)16)25(5)19-11-12-24(4)23-19/h9-13,16H,6-8,14H2,1-5H3,(H,22,26)/t16-/m0/s1. The molecule has 0 saturated carbocycles. The number of nitrogens with one attached hydrogen (secondary N) is 1. The van der Waals surface area contributed by atoms with Crippen LogP contribution in [0.3, 0.4) is 0 Å². The molecule has 2 aromatic rings. The molecule has 1 aliphatic carbocycles. The Kier molecular flexibility index (Phi) is 5.44. The van der Waals surface area contributed by atoms with Gasteiger partial charge in [0.05, 0.1) is 0 Å². The lowest BCUT2D eigenvalue weighted by molar-refractivity contribution is 0.0523. The molecule has 1 aromatic heterocycles. The number of hydrogen-bond acceptors (Lipinski definition) is 4. The van der Waals surface area contributed by atoms with Crippen LogP contribution in [0.25, 0.3) is 0 Å². The first-order chi connectivity index (χ1) is 12.7. The van der Waals surface area contributed by atoms with Gasteiger partial charge in [-0.05, 0) is 63.3 Å². The summed E-state index contributed by atoms with van der Waals surface area (Å²) in [6, 6.07) is 8.60. The SMILES string of the molecule is CN(c1ccc2c(c1)CCC[C@H]2CNC(=O)OC(C)(C)C)c1ccn(C)n1. The smallest absolute Gasteiger partial charge is 0.407 e. The molecule has 0 aliphatic heterocycles. The van der Waals surface area contributed by atoms with Gasteiger partial charge in [-0.25, -0.2) is 4.79 Å². The van der Waals surface area contributed by atoms with Gasteiger partial charge in [0, 0.05) is 44.5 Å². The Labute approximate surface area is 161 Å². The van der Waals surface area contributed by atoms with Crippen LogP contribution in [0.5, 0.6) is 0 Å². The maximum atomic E-state index is 12.0. The molecule has 1 amide bonds. The Morgan fingerprint density at radius 2 is 2.15 bits per heavy atom. The van der Waals surface area contributed by atoms with Crippen molar-refractivity contribution in [2.75, 3.05) is 18.5 Å². The topological polar surface area (TPSA) is 59.4 Å². The van der Waals surface area contributed by atoms with Gasteiger partial charge >= 0.3 is 6.09 Å². The van der Waals surface area contributed by atoms with Crippen LogP contribution in [0.2, 0.25) is 0 Å². The van der Waals surface area contributed by atoms with E-state index < -0.39 is 5.60 Å². The lowest BCUT2D eigenvalue weighted by Crippen LogP contribution is -2.35. The highest BCUT2D eigenvalue weighted by atomic mass is 16.6. The van der Waals surface area contributed by atoms with Gasteiger partial charge < -0.3 is 15.0 Å². The van der Waals surface area contributed by atoms with E-state index in [0.29, 0.717) is 12.5 Å². The minimum Gasteiger partial charge on any atom is -0.444 e. The maximum Gasteiger partial charge on any atom is 0.407 e. The van der Waals surface area contributed by atoms with Crippen molar-refractivity contribution in [1.82, 2.24) is 15.1 Å². The van der Waals surface area contributed by atoms with E-state index in [4.69, 9.17) is 4.74 Å². The number of carbonyl (C=O) groups excluding carboxylic acids is 1. The zero-order valence-corrected chi connectivity index (χ0v) is 17.0. The molecule has 0 radical (unpaired) electrons. The van der Waals surface area contributed by atoms with Gasteiger partial charge in [-0.15, -0.1) is 0 Å². The molecule has 0 fully saturated rings. The van der Waals surface area contributed by atoms with Crippen LogP contribution in [-0.4, -0.2) is 35.1 Å². The highest BCUT2D eigenvalue weighted by molar-refractivity contribution is 5.68. The fourth-order valence-corrected chi connectivity index (χ4v) is 3.56. The summed E-state index contributed by atoms with van der Waals surface area (Å²) in [5.74, 6) is 1.26. The first kappa shape index (κ1) is 19.3. The molecule has 27 heavy (non-hydrogen) atoms. The van der Waals surface area contributed by atoms with Crippen LogP contribution in [-0.2, 0) is 18.2 Å². The zero-order valence-electron chi connectivity index (χ0n) is 17.0. The molecular weight excluding hydrogens is 340 g/mol. The van der Waals surface area contributed by atoms with E-state index in [9.17, 15) is 4.79 Å². The van der Waals surface area contributed by atoms with Gasteiger partial charge in [-0.2, -0.15) is 5.10 Å². The van der Waals surface area contributed by atoms with Crippen molar-refractivity contribution in [3.8, 4) is 0 Å². The Morgan fingerprint density at radius 3 is 2.81 bits per heavy atom.